The summed E-state index contributed by atoms with van der Waals surface area (Å²) < 4.78 is 5.64. The summed E-state index contributed by atoms with van der Waals surface area (Å²) in [5.74, 6) is 3.45. The zero-order valence-corrected chi connectivity index (χ0v) is 17.6. The Morgan fingerprint density at radius 1 is 1.20 bits per heavy atom. The standard InChI is InChI=1S/C22H33BrO2/c1-14-4-7-18-17-6-5-15-12-16(25-20(24)13-23)8-10-22(15,3)19(17)9-11-21(14,18)2/h5,14,16-19H,4,6-13H2,1-3H3/t14-,16?,17-,18?,19?,21+,22-/m0/s1. The molecule has 3 fully saturated rings. The van der Waals surface area contributed by atoms with Gasteiger partial charge in [-0.3, -0.25) is 4.79 Å². The summed E-state index contributed by atoms with van der Waals surface area (Å²) in [7, 11) is 0. The van der Waals surface area contributed by atoms with E-state index in [1.54, 1.807) is 5.57 Å². The molecular weight excluding hydrogens is 376 g/mol. The largest absolute Gasteiger partial charge is 0.461 e. The van der Waals surface area contributed by atoms with Crippen molar-refractivity contribution in [2.75, 3.05) is 5.33 Å². The van der Waals surface area contributed by atoms with Crippen LogP contribution in [0.2, 0.25) is 0 Å². The molecule has 0 aromatic rings. The Kier molecular flexibility index (Phi) is 4.62. The van der Waals surface area contributed by atoms with Crippen LogP contribution in [0.3, 0.4) is 0 Å². The molecule has 0 N–H and O–H groups in total. The van der Waals surface area contributed by atoms with Crippen molar-refractivity contribution in [1.29, 1.82) is 0 Å². The quantitative estimate of drug-likeness (QED) is 0.323. The van der Waals surface area contributed by atoms with Gasteiger partial charge in [-0.05, 0) is 79.4 Å². The molecule has 0 heterocycles. The molecule has 0 aromatic carbocycles. The highest BCUT2D eigenvalue weighted by molar-refractivity contribution is 9.09. The third kappa shape index (κ3) is 2.75. The van der Waals surface area contributed by atoms with Crippen LogP contribution in [0, 0.1) is 34.5 Å². The van der Waals surface area contributed by atoms with Gasteiger partial charge in [0.2, 0.25) is 0 Å². The summed E-state index contributed by atoms with van der Waals surface area (Å²) in [4.78, 5) is 11.7. The van der Waals surface area contributed by atoms with Crippen LogP contribution in [0.4, 0.5) is 0 Å². The van der Waals surface area contributed by atoms with E-state index in [1.165, 1.54) is 38.5 Å². The van der Waals surface area contributed by atoms with Gasteiger partial charge in [0.1, 0.15) is 11.4 Å². The lowest BCUT2D eigenvalue weighted by Gasteiger charge is -2.58. The molecule has 0 bridgehead atoms. The number of ether oxygens (including phenoxy) is 1. The molecule has 0 aromatic heterocycles. The lowest BCUT2D eigenvalue weighted by Crippen LogP contribution is -2.50. The van der Waals surface area contributed by atoms with E-state index in [0.717, 1.165) is 36.5 Å². The van der Waals surface area contributed by atoms with Gasteiger partial charge < -0.3 is 4.74 Å². The van der Waals surface area contributed by atoms with Gasteiger partial charge >= 0.3 is 5.97 Å². The molecule has 0 aliphatic heterocycles. The fourth-order valence-electron chi connectivity index (χ4n) is 7.21. The molecule has 4 rings (SSSR count). The number of halogens is 1. The van der Waals surface area contributed by atoms with Gasteiger partial charge in [0, 0.05) is 6.42 Å². The topological polar surface area (TPSA) is 26.3 Å². The summed E-state index contributed by atoms with van der Waals surface area (Å²) in [5, 5.41) is 0.308. The number of carbonyl (C=O) groups is 1. The van der Waals surface area contributed by atoms with E-state index < -0.39 is 0 Å². The van der Waals surface area contributed by atoms with Crippen LogP contribution in [0.15, 0.2) is 11.6 Å². The Morgan fingerprint density at radius 3 is 2.76 bits per heavy atom. The first kappa shape index (κ1) is 18.1. The van der Waals surface area contributed by atoms with Gasteiger partial charge in [-0.15, -0.1) is 0 Å². The monoisotopic (exact) mass is 408 g/mol. The van der Waals surface area contributed by atoms with Crippen LogP contribution in [-0.4, -0.2) is 17.4 Å². The molecular formula is C22H33BrO2. The van der Waals surface area contributed by atoms with Crippen molar-refractivity contribution in [2.45, 2.75) is 78.2 Å². The lowest BCUT2D eigenvalue weighted by molar-refractivity contribution is -0.148. The molecule has 0 spiro atoms. The Bertz CT molecular complexity index is 585. The van der Waals surface area contributed by atoms with Crippen LogP contribution in [0.5, 0.6) is 0 Å². The lowest BCUT2D eigenvalue weighted by atomic mass is 9.47. The molecule has 3 heteroatoms. The van der Waals surface area contributed by atoms with E-state index in [-0.39, 0.29) is 12.1 Å². The fourth-order valence-corrected chi connectivity index (χ4v) is 7.34. The van der Waals surface area contributed by atoms with Crippen molar-refractivity contribution in [3.05, 3.63) is 11.6 Å². The third-order valence-electron chi connectivity index (χ3n) is 8.94. The molecule has 3 saturated carbocycles. The summed E-state index contributed by atoms with van der Waals surface area (Å²) >= 11 is 3.21. The highest BCUT2D eigenvalue weighted by Gasteiger charge is 2.57. The average molecular weight is 409 g/mol. The highest BCUT2D eigenvalue weighted by atomic mass is 79.9. The summed E-state index contributed by atoms with van der Waals surface area (Å²) in [6.07, 6.45) is 12.8. The Hall–Kier alpha value is -0.310. The average Bonchev–Trinajstić information content (AvgIpc) is 2.90. The van der Waals surface area contributed by atoms with Gasteiger partial charge in [-0.1, -0.05) is 48.4 Å². The molecule has 0 radical (unpaired) electrons. The second kappa shape index (κ2) is 6.39. The first-order valence-electron chi connectivity index (χ1n) is 10.3. The zero-order chi connectivity index (χ0) is 17.8. The number of alkyl halides is 1. The number of esters is 1. The van der Waals surface area contributed by atoms with E-state index in [0.29, 0.717) is 16.2 Å². The molecule has 7 atom stereocenters. The molecule has 4 aliphatic carbocycles. The third-order valence-corrected chi connectivity index (χ3v) is 9.40. The number of allylic oxidation sites excluding steroid dienone is 1. The van der Waals surface area contributed by atoms with E-state index in [9.17, 15) is 4.79 Å². The van der Waals surface area contributed by atoms with Crippen LogP contribution < -0.4 is 0 Å². The van der Waals surface area contributed by atoms with Gasteiger partial charge in [-0.2, -0.15) is 0 Å². The van der Waals surface area contributed by atoms with Gasteiger partial charge in [-0.25, -0.2) is 0 Å². The maximum Gasteiger partial charge on any atom is 0.316 e. The maximum atomic E-state index is 11.7. The molecule has 3 unspecified atom stereocenters. The summed E-state index contributed by atoms with van der Waals surface area (Å²) in [6, 6.07) is 0. The van der Waals surface area contributed by atoms with E-state index >= 15 is 0 Å². The van der Waals surface area contributed by atoms with Gasteiger partial charge in [0.05, 0.1) is 0 Å². The first-order valence-corrected chi connectivity index (χ1v) is 11.5. The predicted octanol–water partition coefficient (Wildman–Crippen LogP) is 5.89. The Balaban J connectivity index is 1.55. The molecule has 4 aliphatic rings. The van der Waals surface area contributed by atoms with Crippen molar-refractivity contribution in [3.63, 3.8) is 0 Å². The first-order chi connectivity index (χ1) is 11.9. The SMILES string of the molecule is C[C@H]1CCC2[C@@H]3CC=C4CC(OC(=O)CBr)CC[C@]4(C)C3CC[C@@]21C. The van der Waals surface area contributed by atoms with E-state index in [4.69, 9.17) is 4.74 Å². The Labute approximate surface area is 161 Å². The number of fused-ring (bicyclic) bond motifs is 5. The number of rotatable bonds is 2. The van der Waals surface area contributed by atoms with E-state index in [1.807, 2.05) is 0 Å². The minimum Gasteiger partial charge on any atom is -0.461 e. The molecule has 0 saturated heterocycles. The van der Waals surface area contributed by atoms with Crippen molar-refractivity contribution < 1.29 is 9.53 Å². The fraction of sp³-hybridized carbons (Fsp3) is 0.864. The molecule has 2 nitrogen and oxygen atoms in total. The smallest absolute Gasteiger partial charge is 0.316 e. The Morgan fingerprint density at radius 2 is 2.00 bits per heavy atom. The van der Waals surface area contributed by atoms with Crippen LogP contribution in [0.1, 0.15) is 72.1 Å². The van der Waals surface area contributed by atoms with E-state index in [2.05, 4.69) is 42.8 Å². The molecule has 0 amide bonds. The number of hydrogen-bond acceptors (Lipinski definition) is 2. The highest BCUT2D eigenvalue weighted by Crippen LogP contribution is 2.66. The van der Waals surface area contributed by atoms with Gasteiger partial charge in [0.15, 0.2) is 0 Å². The van der Waals surface area contributed by atoms with Crippen LogP contribution >= 0.6 is 15.9 Å². The normalized spacial score (nSPS) is 48.8. The van der Waals surface area contributed by atoms with Crippen LogP contribution in [0.25, 0.3) is 0 Å². The minimum absolute atomic E-state index is 0.0984. The summed E-state index contributed by atoms with van der Waals surface area (Å²) in [6.45, 7) is 7.61. The number of hydrogen-bond donors (Lipinski definition) is 0. The number of carbonyl (C=O) groups excluding carboxylic acids is 1. The second-order valence-corrected chi connectivity index (χ2v) is 10.3. The van der Waals surface area contributed by atoms with Crippen molar-refractivity contribution in [1.82, 2.24) is 0 Å². The van der Waals surface area contributed by atoms with Gasteiger partial charge in [0.25, 0.3) is 0 Å². The molecule has 25 heavy (non-hydrogen) atoms. The van der Waals surface area contributed by atoms with Crippen molar-refractivity contribution in [3.8, 4) is 0 Å². The second-order valence-electron chi connectivity index (χ2n) is 9.77. The maximum absolute atomic E-state index is 11.7. The summed E-state index contributed by atoms with van der Waals surface area (Å²) in [5.41, 5.74) is 2.54. The minimum atomic E-state index is -0.115. The van der Waals surface area contributed by atoms with Crippen molar-refractivity contribution in [2.24, 2.45) is 34.5 Å². The predicted molar refractivity (Wildman–Crippen MR) is 105 cm³/mol. The van der Waals surface area contributed by atoms with Crippen LogP contribution in [-0.2, 0) is 9.53 Å². The molecule has 140 valence electrons. The zero-order valence-electron chi connectivity index (χ0n) is 16.0. The van der Waals surface area contributed by atoms with Crippen molar-refractivity contribution >= 4 is 21.9 Å².